The van der Waals surface area contributed by atoms with Crippen LogP contribution in [0.1, 0.15) is 18.4 Å². The van der Waals surface area contributed by atoms with Crippen LogP contribution in [0.3, 0.4) is 0 Å². The fraction of sp³-hybridized carbons (Fsp3) is 0.312. The second kappa shape index (κ2) is 5.41. The summed E-state index contributed by atoms with van der Waals surface area (Å²) in [6.45, 7) is 0.933. The van der Waals surface area contributed by atoms with E-state index in [1.807, 2.05) is 24.4 Å². The molecule has 3 rings (SSSR count). The van der Waals surface area contributed by atoms with Gasteiger partial charge in [0.05, 0.1) is 0 Å². The summed E-state index contributed by atoms with van der Waals surface area (Å²) in [5.74, 6) is 0.987. The van der Waals surface area contributed by atoms with Crippen LogP contribution in [0.25, 0.3) is 0 Å². The fourth-order valence-corrected chi connectivity index (χ4v) is 2.09. The van der Waals surface area contributed by atoms with Gasteiger partial charge in [0.2, 0.25) is 0 Å². The number of rotatable bonds is 5. The van der Waals surface area contributed by atoms with Crippen LogP contribution in [0.4, 0.5) is 11.5 Å². The van der Waals surface area contributed by atoms with Crippen molar-refractivity contribution >= 4 is 11.5 Å². The van der Waals surface area contributed by atoms with Crippen LogP contribution in [0.15, 0.2) is 48.7 Å². The van der Waals surface area contributed by atoms with Crippen molar-refractivity contribution in [2.45, 2.75) is 25.4 Å². The summed E-state index contributed by atoms with van der Waals surface area (Å²) in [6, 6.07) is 15.3. The highest BCUT2D eigenvalue weighted by molar-refractivity contribution is 5.59. The smallest absolute Gasteiger partial charge is 0.132 e. The number of anilines is 2. The number of para-hydroxylation sites is 1. The van der Waals surface area contributed by atoms with Crippen LogP contribution in [0, 0.1) is 0 Å². The first-order valence-electron chi connectivity index (χ1n) is 6.80. The van der Waals surface area contributed by atoms with Crippen molar-refractivity contribution in [3.63, 3.8) is 0 Å². The van der Waals surface area contributed by atoms with Gasteiger partial charge in [0, 0.05) is 31.5 Å². The number of nitrogens with zero attached hydrogens (tertiary/aromatic N) is 2. The third-order valence-corrected chi connectivity index (χ3v) is 3.47. The molecule has 1 aromatic carbocycles. The van der Waals surface area contributed by atoms with Gasteiger partial charge in [-0.2, -0.15) is 0 Å². The van der Waals surface area contributed by atoms with Crippen molar-refractivity contribution in [1.82, 2.24) is 10.3 Å². The van der Waals surface area contributed by atoms with Crippen LogP contribution in [0.5, 0.6) is 0 Å². The number of pyridine rings is 1. The molecule has 1 N–H and O–H groups in total. The van der Waals surface area contributed by atoms with Crippen molar-refractivity contribution in [2.75, 3.05) is 11.9 Å². The molecule has 0 atom stereocenters. The fourth-order valence-electron chi connectivity index (χ4n) is 2.09. The van der Waals surface area contributed by atoms with Crippen LogP contribution >= 0.6 is 0 Å². The first-order valence-corrected chi connectivity index (χ1v) is 6.80. The lowest BCUT2D eigenvalue weighted by atomic mass is 10.2. The van der Waals surface area contributed by atoms with Gasteiger partial charge in [0.25, 0.3) is 0 Å². The van der Waals surface area contributed by atoms with E-state index in [1.54, 1.807) is 0 Å². The van der Waals surface area contributed by atoms with Crippen LogP contribution in [-0.4, -0.2) is 18.1 Å². The van der Waals surface area contributed by atoms with E-state index in [9.17, 15) is 0 Å². The van der Waals surface area contributed by atoms with Crippen LogP contribution < -0.4 is 10.2 Å². The highest BCUT2D eigenvalue weighted by Gasteiger charge is 2.20. The molecule has 3 heteroatoms. The Kier molecular flexibility index (Phi) is 3.47. The zero-order valence-corrected chi connectivity index (χ0v) is 11.2. The van der Waals surface area contributed by atoms with E-state index in [2.05, 4.69) is 46.5 Å². The van der Waals surface area contributed by atoms with E-state index in [0.717, 1.165) is 24.1 Å². The number of hydrogen-bond donors (Lipinski definition) is 1. The highest BCUT2D eigenvalue weighted by atomic mass is 15.2. The summed E-state index contributed by atoms with van der Waals surface area (Å²) in [6.07, 6.45) is 4.53. The number of nitrogens with one attached hydrogen (secondary N) is 1. The lowest BCUT2D eigenvalue weighted by molar-refractivity contribution is 0.687. The predicted molar refractivity (Wildman–Crippen MR) is 78.6 cm³/mol. The van der Waals surface area contributed by atoms with Gasteiger partial charge >= 0.3 is 0 Å². The third-order valence-electron chi connectivity index (χ3n) is 3.47. The molecule has 1 aromatic heterocycles. The second-order valence-electron chi connectivity index (χ2n) is 5.07. The van der Waals surface area contributed by atoms with Gasteiger partial charge in [0.1, 0.15) is 5.82 Å². The molecule has 0 amide bonds. The Labute approximate surface area is 114 Å². The van der Waals surface area contributed by atoms with Gasteiger partial charge in [-0.25, -0.2) is 4.98 Å². The molecule has 0 spiro atoms. The Morgan fingerprint density at radius 3 is 2.74 bits per heavy atom. The van der Waals surface area contributed by atoms with Crippen LogP contribution in [0.2, 0.25) is 0 Å². The molecule has 3 nitrogen and oxygen atoms in total. The number of hydrogen-bond acceptors (Lipinski definition) is 3. The summed E-state index contributed by atoms with van der Waals surface area (Å²) < 4.78 is 0. The Morgan fingerprint density at radius 1 is 1.21 bits per heavy atom. The first-order chi connectivity index (χ1) is 9.33. The maximum Gasteiger partial charge on any atom is 0.132 e. The van der Waals surface area contributed by atoms with E-state index in [1.165, 1.54) is 18.4 Å². The minimum atomic E-state index is 0.739. The van der Waals surface area contributed by atoms with Gasteiger partial charge in [-0.1, -0.05) is 18.2 Å². The normalized spacial score (nSPS) is 14.4. The van der Waals surface area contributed by atoms with Crippen molar-refractivity contribution in [1.29, 1.82) is 0 Å². The average Bonchev–Trinajstić information content (AvgIpc) is 3.30. The van der Waals surface area contributed by atoms with Crippen molar-refractivity contribution in [2.24, 2.45) is 0 Å². The second-order valence-corrected chi connectivity index (χ2v) is 5.07. The number of benzene rings is 1. The lowest BCUT2D eigenvalue weighted by Gasteiger charge is -2.18. The summed E-state index contributed by atoms with van der Waals surface area (Å²) >= 11 is 0. The molecule has 0 bridgehead atoms. The standard InChI is InChI=1S/C16H19N3/c1-19(15-5-3-2-4-6-15)16-11-13(9-10-17-16)12-18-14-7-8-14/h2-6,9-11,14,18H,7-8,12H2,1H3. The quantitative estimate of drug-likeness (QED) is 0.887. The topological polar surface area (TPSA) is 28.2 Å². The summed E-state index contributed by atoms with van der Waals surface area (Å²) in [5.41, 5.74) is 2.45. The largest absolute Gasteiger partial charge is 0.329 e. The minimum Gasteiger partial charge on any atom is -0.329 e. The van der Waals surface area contributed by atoms with Crippen molar-refractivity contribution in [3.05, 3.63) is 54.2 Å². The van der Waals surface area contributed by atoms with E-state index >= 15 is 0 Å². The highest BCUT2D eigenvalue weighted by Crippen LogP contribution is 2.23. The Bertz CT molecular complexity index is 535. The molecule has 98 valence electrons. The molecule has 0 aliphatic heterocycles. The lowest BCUT2D eigenvalue weighted by Crippen LogP contribution is -2.16. The third kappa shape index (κ3) is 3.12. The SMILES string of the molecule is CN(c1ccccc1)c1cc(CNC2CC2)ccn1. The molecule has 2 aromatic rings. The van der Waals surface area contributed by atoms with E-state index < -0.39 is 0 Å². The molecule has 0 unspecified atom stereocenters. The minimum absolute atomic E-state index is 0.739. The van der Waals surface area contributed by atoms with E-state index in [-0.39, 0.29) is 0 Å². The Balaban J connectivity index is 1.74. The van der Waals surface area contributed by atoms with Gasteiger partial charge in [0.15, 0.2) is 0 Å². The van der Waals surface area contributed by atoms with Gasteiger partial charge in [-0.15, -0.1) is 0 Å². The maximum atomic E-state index is 4.46. The molecule has 1 heterocycles. The van der Waals surface area contributed by atoms with Crippen molar-refractivity contribution < 1.29 is 0 Å². The molecule has 1 saturated carbocycles. The first kappa shape index (κ1) is 12.2. The zero-order chi connectivity index (χ0) is 13.1. The van der Waals surface area contributed by atoms with E-state index in [0.29, 0.717) is 0 Å². The van der Waals surface area contributed by atoms with Gasteiger partial charge in [-0.3, -0.25) is 0 Å². The van der Waals surface area contributed by atoms with E-state index in [4.69, 9.17) is 0 Å². The monoisotopic (exact) mass is 253 g/mol. The Morgan fingerprint density at radius 2 is 2.00 bits per heavy atom. The molecule has 1 aliphatic rings. The summed E-state index contributed by atoms with van der Waals surface area (Å²) in [5, 5.41) is 3.53. The average molecular weight is 253 g/mol. The summed E-state index contributed by atoms with van der Waals surface area (Å²) in [4.78, 5) is 6.57. The molecular formula is C16H19N3. The zero-order valence-electron chi connectivity index (χ0n) is 11.2. The molecule has 1 fully saturated rings. The Hall–Kier alpha value is -1.87. The molecule has 0 radical (unpaired) electrons. The van der Waals surface area contributed by atoms with Gasteiger partial charge in [-0.05, 0) is 42.7 Å². The van der Waals surface area contributed by atoms with Gasteiger partial charge < -0.3 is 10.2 Å². The predicted octanol–water partition coefficient (Wildman–Crippen LogP) is 3.10. The van der Waals surface area contributed by atoms with Crippen LogP contribution in [-0.2, 0) is 6.54 Å². The maximum absolute atomic E-state index is 4.46. The molecule has 19 heavy (non-hydrogen) atoms. The van der Waals surface area contributed by atoms with Crippen molar-refractivity contribution in [3.8, 4) is 0 Å². The number of aromatic nitrogens is 1. The summed E-state index contributed by atoms with van der Waals surface area (Å²) in [7, 11) is 2.05. The molecular weight excluding hydrogens is 234 g/mol. The molecule has 1 aliphatic carbocycles. The molecule has 0 saturated heterocycles.